The molecule has 10 nitrogen and oxygen atoms in total. The first kappa shape index (κ1) is 29.4. The summed E-state index contributed by atoms with van der Waals surface area (Å²) in [6.45, 7) is 7.59. The maximum atomic E-state index is 13.5. The molecule has 3 atom stereocenters. The zero-order chi connectivity index (χ0) is 27.5. The van der Waals surface area contributed by atoms with Crippen LogP contribution in [-0.2, 0) is 16.0 Å². The molecule has 1 aromatic carbocycles. The maximum Gasteiger partial charge on any atom is 0.405 e. The second-order valence-electron chi connectivity index (χ2n) is 9.78. The van der Waals surface area contributed by atoms with E-state index in [2.05, 4.69) is 16.0 Å². The maximum absolute atomic E-state index is 13.5. The third kappa shape index (κ3) is 9.63. The number of amides is 3. The van der Waals surface area contributed by atoms with Crippen LogP contribution < -0.4 is 20.7 Å². The minimum atomic E-state index is -1.34. The van der Waals surface area contributed by atoms with E-state index < -0.39 is 36.0 Å². The molecule has 4 N–H and O–H groups in total. The van der Waals surface area contributed by atoms with Crippen molar-refractivity contribution in [1.82, 2.24) is 16.0 Å². The van der Waals surface area contributed by atoms with Gasteiger partial charge in [0.15, 0.2) is 5.76 Å². The van der Waals surface area contributed by atoms with Gasteiger partial charge in [0.2, 0.25) is 17.6 Å². The number of methoxy groups -OCH3 is 1. The largest absolute Gasteiger partial charge is 0.497 e. The lowest BCUT2D eigenvalue weighted by Crippen LogP contribution is -2.56. The molecule has 1 heterocycles. The van der Waals surface area contributed by atoms with Crippen LogP contribution in [0.15, 0.2) is 47.1 Å². The molecule has 0 aliphatic carbocycles. The summed E-state index contributed by atoms with van der Waals surface area (Å²) < 4.78 is 10.4. The van der Waals surface area contributed by atoms with Crippen LogP contribution in [0.3, 0.4) is 0 Å². The van der Waals surface area contributed by atoms with Gasteiger partial charge in [-0.15, -0.1) is 0 Å². The summed E-state index contributed by atoms with van der Waals surface area (Å²) in [6.07, 6.45) is 0.788. The zero-order valence-electron chi connectivity index (χ0n) is 21.9. The van der Waals surface area contributed by atoms with Gasteiger partial charge in [-0.25, -0.2) is 4.79 Å². The van der Waals surface area contributed by atoms with Crippen molar-refractivity contribution in [3.8, 4) is 5.75 Å². The molecule has 10 heteroatoms. The first-order valence-corrected chi connectivity index (χ1v) is 12.3. The van der Waals surface area contributed by atoms with Crippen LogP contribution in [0.4, 0.5) is 4.79 Å². The number of benzene rings is 1. The molecule has 0 fully saturated rings. The fraction of sp³-hybridized carbons (Fsp3) is 0.481. The van der Waals surface area contributed by atoms with Crippen molar-refractivity contribution >= 4 is 23.7 Å². The van der Waals surface area contributed by atoms with Crippen LogP contribution in [-0.4, -0.2) is 54.0 Å². The van der Waals surface area contributed by atoms with E-state index in [9.17, 15) is 24.3 Å². The number of hydrogen-bond donors (Lipinski definition) is 4. The molecular weight excluding hydrogens is 478 g/mol. The summed E-state index contributed by atoms with van der Waals surface area (Å²) in [5, 5.41) is 16.9. The van der Waals surface area contributed by atoms with Gasteiger partial charge in [0.1, 0.15) is 17.8 Å². The second-order valence-corrected chi connectivity index (χ2v) is 9.78. The molecule has 2 aromatic rings. The highest BCUT2D eigenvalue weighted by molar-refractivity contribution is 6.01. The monoisotopic (exact) mass is 515 g/mol. The highest BCUT2D eigenvalue weighted by atomic mass is 16.5. The summed E-state index contributed by atoms with van der Waals surface area (Å²) in [4.78, 5) is 50.8. The average Bonchev–Trinajstić information content (AvgIpc) is 3.37. The van der Waals surface area contributed by atoms with Crippen molar-refractivity contribution < 1.29 is 33.4 Å². The average molecular weight is 516 g/mol. The predicted molar refractivity (Wildman–Crippen MR) is 137 cm³/mol. The van der Waals surface area contributed by atoms with E-state index in [4.69, 9.17) is 9.15 Å². The lowest BCUT2D eigenvalue weighted by Gasteiger charge is -2.26. The van der Waals surface area contributed by atoms with Gasteiger partial charge in [-0.3, -0.25) is 14.4 Å². The number of Topliss-reactive ketones (excluding diaryl/α,β-unsaturated/α-hetero) is 1. The number of rotatable bonds is 14. The van der Waals surface area contributed by atoms with Crippen molar-refractivity contribution in [3.05, 3.63) is 54.0 Å². The minimum Gasteiger partial charge on any atom is -0.497 e. The second kappa shape index (κ2) is 14.1. The van der Waals surface area contributed by atoms with Gasteiger partial charge in [0.25, 0.3) is 0 Å². The lowest BCUT2D eigenvalue weighted by atomic mass is 9.97. The number of carboxylic acid groups (broad SMARTS) is 1. The quantitative estimate of drug-likeness (QED) is 0.282. The summed E-state index contributed by atoms with van der Waals surface area (Å²) >= 11 is 0. The van der Waals surface area contributed by atoms with Crippen LogP contribution >= 0.6 is 0 Å². The van der Waals surface area contributed by atoms with Gasteiger partial charge in [0.05, 0.1) is 19.4 Å². The third-order valence-electron chi connectivity index (χ3n) is 5.66. The number of ether oxygens (including phenoxy) is 1. The molecule has 3 amide bonds. The number of hydrogen-bond acceptors (Lipinski definition) is 6. The van der Waals surface area contributed by atoms with Crippen LogP contribution in [0.5, 0.6) is 5.75 Å². The Morgan fingerprint density at radius 1 is 0.838 bits per heavy atom. The Labute approximate surface area is 217 Å². The fourth-order valence-electron chi connectivity index (χ4n) is 3.90. The summed E-state index contributed by atoms with van der Waals surface area (Å²) in [5.74, 6) is -0.670. The number of carbonyl (C=O) groups excluding carboxylic acids is 3. The van der Waals surface area contributed by atoms with Gasteiger partial charge < -0.3 is 30.2 Å². The van der Waals surface area contributed by atoms with Crippen molar-refractivity contribution in [2.45, 2.75) is 65.1 Å². The molecule has 1 aromatic heterocycles. The van der Waals surface area contributed by atoms with Crippen LogP contribution in [0, 0.1) is 11.8 Å². The highest BCUT2D eigenvalue weighted by Crippen LogP contribution is 2.16. The number of nitrogens with one attached hydrogen (secondary N) is 3. The van der Waals surface area contributed by atoms with Gasteiger partial charge in [-0.2, -0.15) is 0 Å². The smallest absolute Gasteiger partial charge is 0.405 e. The Hall–Kier alpha value is -3.82. The van der Waals surface area contributed by atoms with Crippen LogP contribution in [0.2, 0.25) is 0 Å². The van der Waals surface area contributed by atoms with Crippen molar-refractivity contribution in [3.63, 3.8) is 0 Å². The molecule has 2 rings (SSSR count). The molecule has 0 unspecified atom stereocenters. The molecule has 0 saturated heterocycles. The number of ketones is 1. The molecule has 0 radical (unpaired) electrons. The Morgan fingerprint density at radius 2 is 1.41 bits per heavy atom. The summed E-state index contributed by atoms with van der Waals surface area (Å²) in [5.41, 5.74) is 0.741. The van der Waals surface area contributed by atoms with E-state index in [0.717, 1.165) is 5.56 Å². The molecule has 37 heavy (non-hydrogen) atoms. The van der Waals surface area contributed by atoms with E-state index in [1.807, 2.05) is 27.7 Å². The van der Waals surface area contributed by atoms with Gasteiger partial charge in [-0.05, 0) is 54.5 Å². The van der Waals surface area contributed by atoms with E-state index >= 15 is 0 Å². The topological polar surface area (TPSA) is 147 Å². The summed E-state index contributed by atoms with van der Waals surface area (Å²) in [6, 6.07) is 7.18. The van der Waals surface area contributed by atoms with Crippen molar-refractivity contribution in [1.29, 1.82) is 0 Å². The molecule has 0 bridgehead atoms. The van der Waals surface area contributed by atoms with Crippen molar-refractivity contribution in [2.75, 3.05) is 7.11 Å². The van der Waals surface area contributed by atoms with Crippen LogP contribution in [0.1, 0.15) is 56.7 Å². The Bertz CT molecular complexity index is 1030. The third-order valence-corrected chi connectivity index (χ3v) is 5.66. The number of carbonyl (C=O) groups is 4. The lowest BCUT2D eigenvalue weighted by molar-refractivity contribution is -0.130. The van der Waals surface area contributed by atoms with Gasteiger partial charge in [-0.1, -0.05) is 39.8 Å². The first-order chi connectivity index (χ1) is 17.5. The zero-order valence-corrected chi connectivity index (χ0v) is 21.9. The van der Waals surface area contributed by atoms with Gasteiger partial charge >= 0.3 is 6.09 Å². The normalized spacial score (nSPS) is 13.5. The van der Waals surface area contributed by atoms with E-state index in [-0.39, 0.29) is 36.2 Å². The molecule has 0 spiro atoms. The van der Waals surface area contributed by atoms with Crippen LogP contribution in [0.25, 0.3) is 0 Å². The predicted octanol–water partition coefficient (Wildman–Crippen LogP) is 3.41. The molecular formula is C27H37N3O7. The SMILES string of the molecule is COc1ccc(C[C@H](NC(=O)[C@H](CC(C)C)NC(=O)O)C(=O)N[C@@H](CC(C)C)C(=O)c2ccco2)cc1. The Balaban J connectivity index is 2.30. The number of furan rings is 1. The summed E-state index contributed by atoms with van der Waals surface area (Å²) in [7, 11) is 1.54. The Kier molecular flexibility index (Phi) is 11.2. The fourth-order valence-corrected chi connectivity index (χ4v) is 3.90. The molecule has 0 saturated carbocycles. The van der Waals surface area contributed by atoms with Crippen molar-refractivity contribution in [2.24, 2.45) is 11.8 Å². The van der Waals surface area contributed by atoms with E-state index in [0.29, 0.717) is 12.2 Å². The molecule has 202 valence electrons. The van der Waals surface area contributed by atoms with Gasteiger partial charge in [0, 0.05) is 6.42 Å². The Morgan fingerprint density at radius 3 is 1.92 bits per heavy atom. The highest BCUT2D eigenvalue weighted by Gasteiger charge is 2.31. The first-order valence-electron chi connectivity index (χ1n) is 12.3. The molecule has 0 aliphatic heterocycles. The van der Waals surface area contributed by atoms with E-state index in [1.54, 1.807) is 37.4 Å². The molecule has 0 aliphatic rings. The van der Waals surface area contributed by atoms with E-state index in [1.165, 1.54) is 12.3 Å². The minimum absolute atomic E-state index is 0.0257. The standard InChI is InChI=1S/C27H37N3O7/c1-16(2)13-20(24(31)23-7-6-12-37-23)28-26(33)22(15-18-8-10-19(36-5)11-9-18)29-25(32)21(14-17(3)4)30-27(34)35/h6-12,16-17,20-22,30H,13-15H2,1-5H3,(H,28,33)(H,29,32)(H,34,35)/t20-,21-,22-/m0/s1.